The first kappa shape index (κ1) is 20.2. The number of carbonyl (C=O) groups excluding carboxylic acids is 1. The van der Waals surface area contributed by atoms with Crippen LogP contribution in [0.2, 0.25) is 0 Å². The topological polar surface area (TPSA) is 74.5 Å². The van der Waals surface area contributed by atoms with Crippen LogP contribution in [0.3, 0.4) is 0 Å². The number of furan rings is 1. The zero-order chi connectivity index (χ0) is 20.8. The predicted molar refractivity (Wildman–Crippen MR) is 114 cm³/mol. The normalized spacial score (nSPS) is 14.0. The molecule has 1 amide bonds. The van der Waals surface area contributed by atoms with Gasteiger partial charge in [-0.3, -0.25) is 4.79 Å². The highest BCUT2D eigenvalue weighted by molar-refractivity contribution is 7.99. The van der Waals surface area contributed by atoms with Gasteiger partial charge in [-0.25, -0.2) is 4.39 Å². The lowest BCUT2D eigenvalue weighted by Crippen LogP contribution is -2.46. The van der Waals surface area contributed by atoms with E-state index < -0.39 is 0 Å². The molecule has 30 heavy (non-hydrogen) atoms. The minimum atomic E-state index is -0.222. The van der Waals surface area contributed by atoms with Gasteiger partial charge in [-0.1, -0.05) is 11.8 Å². The molecule has 1 aromatic carbocycles. The van der Waals surface area contributed by atoms with Crippen LogP contribution in [0.1, 0.15) is 5.76 Å². The van der Waals surface area contributed by atoms with Crippen molar-refractivity contribution in [2.24, 2.45) is 0 Å². The van der Waals surface area contributed by atoms with Crippen LogP contribution in [-0.2, 0) is 11.3 Å². The van der Waals surface area contributed by atoms with Crippen molar-refractivity contribution in [3.8, 4) is 0 Å². The van der Waals surface area contributed by atoms with E-state index in [9.17, 15) is 9.18 Å². The molecular formula is C21H22FN5O2S. The third kappa shape index (κ3) is 5.29. The van der Waals surface area contributed by atoms with Gasteiger partial charge < -0.3 is 19.5 Å². The first-order valence-electron chi connectivity index (χ1n) is 9.68. The number of halogens is 1. The predicted octanol–water partition coefficient (Wildman–Crippen LogP) is 2.94. The van der Waals surface area contributed by atoms with E-state index in [4.69, 9.17) is 4.42 Å². The van der Waals surface area contributed by atoms with Crippen molar-refractivity contribution in [1.29, 1.82) is 0 Å². The molecular weight excluding hydrogens is 405 g/mol. The van der Waals surface area contributed by atoms with Gasteiger partial charge in [0.25, 0.3) is 0 Å². The summed E-state index contributed by atoms with van der Waals surface area (Å²) in [5.41, 5.74) is 1.03. The summed E-state index contributed by atoms with van der Waals surface area (Å²) in [6.07, 6.45) is 1.58. The number of benzene rings is 1. The van der Waals surface area contributed by atoms with Crippen LogP contribution in [0.25, 0.3) is 0 Å². The molecule has 0 radical (unpaired) electrons. The fraction of sp³-hybridized carbons (Fsp3) is 0.286. The van der Waals surface area contributed by atoms with E-state index in [0.29, 0.717) is 11.6 Å². The van der Waals surface area contributed by atoms with Gasteiger partial charge in [0.15, 0.2) is 5.82 Å². The van der Waals surface area contributed by atoms with Gasteiger partial charge in [0, 0.05) is 31.9 Å². The van der Waals surface area contributed by atoms with Crippen LogP contribution in [-0.4, -0.2) is 48.0 Å². The van der Waals surface area contributed by atoms with E-state index >= 15 is 0 Å². The number of amides is 1. The Balaban J connectivity index is 1.22. The van der Waals surface area contributed by atoms with Gasteiger partial charge in [0.05, 0.1) is 18.6 Å². The fourth-order valence-corrected chi connectivity index (χ4v) is 3.84. The molecule has 156 valence electrons. The van der Waals surface area contributed by atoms with E-state index in [1.165, 1.54) is 23.9 Å². The summed E-state index contributed by atoms with van der Waals surface area (Å²) in [5.74, 6) is 1.50. The molecule has 3 aromatic rings. The Labute approximate surface area is 178 Å². The van der Waals surface area contributed by atoms with Gasteiger partial charge in [-0.05, 0) is 48.5 Å². The number of nitrogens with one attached hydrogen (secondary N) is 1. The monoisotopic (exact) mass is 427 g/mol. The van der Waals surface area contributed by atoms with Crippen molar-refractivity contribution in [3.63, 3.8) is 0 Å². The Morgan fingerprint density at radius 2 is 1.80 bits per heavy atom. The van der Waals surface area contributed by atoms with E-state index in [2.05, 4.69) is 25.3 Å². The molecule has 0 aliphatic carbocycles. The number of hydrogen-bond donors (Lipinski definition) is 1. The molecule has 0 saturated carbocycles. The van der Waals surface area contributed by atoms with Crippen molar-refractivity contribution < 1.29 is 13.6 Å². The smallest absolute Gasteiger partial charge is 0.230 e. The number of rotatable bonds is 7. The van der Waals surface area contributed by atoms with Crippen molar-refractivity contribution in [1.82, 2.24) is 15.5 Å². The van der Waals surface area contributed by atoms with Crippen LogP contribution in [0.5, 0.6) is 0 Å². The number of hydrogen-bond acceptors (Lipinski definition) is 7. The van der Waals surface area contributed by atoms with Crippen LogP contribution in [0.4, 0.5) is 15.9 Å². The maximum Gasteiger partial charge on any atom is 0.230 e. The Bertz CT molecular complexity index is 943. The molecule has 2 aromatic heterocycles. The second kappa shape index (κ2) is 9.62. The summed E-state index contributed by atoms with van der Waals surface area (Å²) in [5, 5.41) is 12.1. The van der Waals surface area contributed by atoms with E-state index in [0.717, 1.165) is 43.4 Å². The molecule has 0 unspecified atom stereocenters. The summed E-state index contributed by atoms with van der Waals surface area (Å²) >= 11 is 1.35. The summed E-state index contributed by atoms with van der Waals surface area (Å²) in [7, 11) is 0. The van der Waals surface area contributed by atoms with E-state index in [1.54, 1.807) is 12.3 Å². The third-order valence-electron chi connectivity index (χ3n) is 4.81. The summed E-state index contributed by atoms with van der Waals surface area (Å²) in [6.45, 7) is 3.67. The first-order chi connectivity index (χ1) is 14.7. The molecule has 0 bridgehead atoms. The highest BCUT2D eigenvalue weighted by Gasteiger charge is 2.19. The lowest BCUT2D eigenvalue weighted by Gasteiger charge is -2.36. The summed E-state index contributed by atoms with van der Waals surface area (Å²) < 4.78 is 18.3. The molecule has 1 aliphatic rings. The number of thioether (sulfide) groups is 1. The molecule has 1 N–H and O–H groups in total. The first-order valence-corrected chi connectivity index (χ1v) is 10.7. The average molecular weight is 428 g/mol. The number of piperazine rings is 1. The highest BCUT2D eigenvalue weighted by atomic mass is 32.2. The van der Waals surface area contributed by atoms with Gasteiger partial charge >= 0.3 is 0 Å². The van der Waals surface area contributed by atoms with Gasteiger partial charge in [0.1, 0.15) is 16.6 Å². The lowest BCUT2D eigenvalue weighted by atomic mass is 10.2. The second-order valence-electron chi connectivity index (χ2n) is 6.83. The third-order valence-corrected chi connectivity index (χ3v) is 5.73. The van der Waals surface area contributed by atoms with Crippen molar-refractivity contribution in [2.45, 2.75) is 11.6 Å². The molecule has 9 heteroatoms. The Morgan fingerprint density at radius 1 is 1.03 bits per heavy atom. The Morgan fingerprint density at radius 3 is 2.47 bits per heavy atom. The van der Waals surface area contributed by atoms with Crippen molar-refractivity contribution >= 4 is 29.2 Å². The molecule has 0 spiro atoms. The summed E-state index contributed by atoms with van der Waals surface area (Å²) in [4.78, 5) is 16.3. The lowest BCUT2D eigenvalue weighted by molar-refractivity contribution is -0.118. The van der Waals surface area contributed by atoms with Crippen LogP contribution < -0.4 is 15.1 Å². The number of nitrogens with zero attached hydrogens (tertiary/aromatic N) is 4. The fourth-order valence-electron chi connectivity index (χ4n) is 3.19. The maximum absolute atomic E-state index is 13.1. The quantitative estimate of drug-likeness (QED) is 0.581. The van der Waals surface area contributed by atoms with Gasteiger partial charge in [-0.15, -0.1) is 10.2 Å². The zero-order valence-electron chi connectivity index (χ0n) is 16.3. The minimum absolute atomic E-state index is 0.0841. The van der Waals surface area contributed by atoms with Crippen molar-refractivity contribution in [3.05, 3.63) is 66.4 Å². The number of aromatic nitrogens is 2. The Kier molecular flexibility index (Phi) is 6.48. The van der Waals surface area contributed by atoms with Crippen LogP contribution >= 0.6 is 11.8 Å². The standard InChI is InChI=1S/C21H22FN5O2S/c22-16-3-5-17(6-4-16)26-9-11-27(12-10-26)19-7-8-21(25-24-19)30-15-20(28)23-14-18-2-1-13-29-18/h1-8,13H,9-12,14-15H2,(H,23,28). The maximum atomic E-state index is 13.1. The molecule has 4 rings (SSSR count). The summed E-state index contributed by atoms with van der Waals surface area (Å²) in [6, 6.07) is 14.0. The SMILES string of the molecule is O=C(CSc1ccc(N2CCN(c3ccc(F)cc3)CC2)nn1)NCc1ccco1. The number of carbonyl (C=O) groups is 1. The molecule has 7 nitrogen and oxygen atoms in total. The molecule has 1 aliphatic heterocycles. The van der Waals surface area contributed by atoms with Gasteiger partial charge in [0.2, 0.25) is 5.91 Å². The molecule has 3 heterocycles. The van der Waals surface area contributed by atoms with E-state index in [1.807, 2.05) is 30.3 Å². The minimum Gasteiger partial charge on any atom is -0.467 e. The highest BCUT2D eigenvalue weighted by Crippen LogP contribution is 2.21. The van der Waals surface area contributed by atoms with Crippen LogP contribution in [0.15, 0.2) is 64.2 Å². The van der Waals surface area contributed by atoms with Crippen molar-refractivity contribution in [2.75, 3.05) is 41.7 Å². The molecule has 1 fully saturated rings. The number of anilines is 2. The zero-order valence-corrected chi connectivity index (χ0v) is 17.1. The second-order valence-corrected chi connectivity index (χ2v) is 7.82. The largest absolute Gasteiger partial charge is 0.467 e. The Hall–Kier alpha value is -3.07. The average Bonchev–Trinajstić information content (AvgIpc) is 3.31. The molecule has 1 saturated heterocycles. The van der Waals surface area contributed by atoms with E-state index in [-0.39, 0.29) is 17.5 Å². The van der Waals surface area contributed by atoms with Crippen LogP contribution in [0, 0.1) is 5.82 Å². The molecule has 0 atom stereocenters. The van der Waals surface area contributed by atoms with Gasteiger partial charge in [-0.2, -0.15) is 0 Å².